The Bertz CT molecular complexity index is 120. The predicted molar refractivity (Wildman–Crippen MR) is 44.4 cm³/mol. The molecule has 66 valence electrons. The minimum atomic E-state index is -1.25. The molecule has 1 unspecified atom stereocenters. The Kier molecular flexibility index (Phi) is 6.25. The fourth-order valence-corrected chi connectivity index (χ4v) is 1.59. The molecule has 11 heavy (non-hydrogen) atoms. The fourth-order valence-electron chi connectivity index (χ4n) is 0.695. The van der Waals surface area contributed by atoms with Crippen LogP contribution < -0.4 is 0 Å². The Labute approximate surface area is 69.3 Å². The molecule has 1 atom stereocenters. The molecule has 0 rings (SSSR count). The zero-order chi connectivity index (χ0) is 8.69. The summed E-state index contributed by atoms with van der Waals surface area (Å²) in [6.45, 7) is 2.04. The molecule has 0 N–H and O–H groups in total. The quantitative estimate of drug-likeness (QED) is 0.266. The predicted octanol–water partition coefficient (Wildman–Crippen LogP) is 1.16. The standard InChI is InChI=1S/C6H13NO3S/c1-2-3-4-5-11(10)6-7(8)9/h2-6H2,1H3. The highest BCUT2D eigenvalue weighted by Gasteiger charge is 2.11. The smallest absolute Gasteiger partial charge is 0.348 e. The van der Waals surface area contributed by atoms with Gasteiger partial charge in [0.2, 0.25) is 0 Å². The van der Waals surface area contributed by atoms with E-state index in [1.165, 1.54) is 0 Å². The van der Waals surface area contributed by atoms with E-state index < -0.39 is 22.0 Å². The summed E-state index contributed by atoms with van der Waals surface area (Å²) in [5.74, 6) is 0.0680. The molecule has 0 saturated heterocycles. The second-order valence-electron chi connectivity index (χ2n) is 2.31. The molecule has 5 heteroatoms. The van der Waals surface area contributed by atoms with Crippen molar-refractivity contribution < 1.29 is 9.48 Å². The van der Waals surface area contributed by atoms with Crippen LogP contribution in [0, 0.1) is 10.1 Å². The van der Waals surface area contributed by atoms with Gasteiger partial charge in [0.1, 0.15) is 5.75 Å². The van der Waals surface area contributed by atoms with Gasteiger partial charge in [-0.15, -0.1) is 0 Å². The molecule has 0 aromatic heterocycles. The number of nitrogens with zero attached hydrogens (tertiary/aromatic N) is 1. The highest BCUT2D eigenvalue weighted by atomic mass is 32.2. The lowest BCUT2D eigenvalue weighted by Crippen LogP contribution is -2.17. The van der Waals surface area contributed by atoms with Gasteiger partial charge in [-0.05, 0) is 12.8 Å². The van der Waals surface area contributed by atoms with E-state index in [1.807, 2.05) is 6.92 Å². The third-order valence-electron chi connectivity index (χ3n) is 1.22. The van der Waals surface area contributed by atoms with Gasteiger partial charge in [0.25, 0.3) is 0 Å². The van der Waals surface area contributed by atoms with Crippen molar-refractivity contribution in [2.45, 2.75) is 26.2 Å². The molecule has 0 aliphatic rings. The first-order valence-corrected chi connectivity index (χ1v) is 5.12. The minimum absolute atomic E-state index is 0.399. The average Bonchev–Trinajstić information content (AvgIpc) is 1.86. The van der Waals surface area contributed by atoms with Crippen LogP contribution in [0.2, 0.25) is 0 Å². The maximum Gasteiger partial charge on any atom is 0.348 e. The first kappa shape index (κ1) is 10.7. The summed E-state index contributed by atoms with van der Waals surface area (Å²) < 4.78 is 10.8. The fraction of sp³-hybridized carbons (Fsp3) is 1.00. The average molecular weight is 179 g/mol. The normalized spacial score (nSPS) is 12.9. The summed E-state index contributed by atoms with van der Waals surface area (Å²) in [6, 6.07) is 0. The van der Waals surface area contributed by atoms with E-state index in [1.54, 1.807) is 0 Å². The first-order chi connectivity index (χ1) is 5.16. The molecule has 0 aromatic rings. The summed E-state index contributed by atoms with van der Waals surface area (Å²) in [5, 5.41) is 9.85. The van der Waals surface area contributed by atoms with Gasteiger partial charge >= 0.3 is 5.88 Å². The lowest BCUT2D eigenvalue weighted by Gasteiger charge is -2.04. The molecule has 0 radical (unpaired) electrons. The van der Waals surface area contributed by atoms with E-state index in [0.29, 0.717) is 5.75 Å². The monoisotopic (exact) mass is 179 g/mol. The van der Waals surface area contributed by atoms with Crippen LogP contribution in [0.25, 0.3) is 0 Å². The van der Waals surface area contributed by atoms with Gasteiger partial charge < -0.3 is 4.55 Å². The van der Waals surface area contributed by atoms with Gasteiger partial charge in [-0.25, -0.2) is 0 Å². The molecule has 0 amide bonds. The summed E-state index contributed by atoms with van der Waals surface area (Å²) in [6.07, 6.45) is 2.88. The Hall–Kier alpha value is -0.290. The molecule has 0 aliphatic carbocycles. The van der Waals surface area contributed by atoms with Gasteiger partial charge in [-0.1, -0.05) is 13.3 Å². The van der Waals surface area contributed by atoms with Crippen molar-refractivity contribution in [1.82, 2.24) is 0 Å². The lowest BCUT2D eigenvalue weighted by molar-refractivity contribution is -0.458. The van der Waals surface area contributed by atoms with Crippen LogP contribution in [0.3, 0.4) is 0 Å². The SMILES string of the molecule is CCCCC[S+]([O-])C[N+](=O)[O-]. The molecule has 4 nitrogen and oxygen atoms in total. The topological polar surface area (TPSA) is 66.2 Å². The molecule has 0 saturated carbocycles. The maximum absolute atomic E-state index is 10.8. The van der Waals surface area contributed by atoms with E-state index in [4.69, 9.17) is 0 Å². The number of rotatable bonds is 6. The molecule has 0 spiro atoms. The van der Waals surface area contributed by atoms with Gasteiger partial charge in [-0.2, -0.15) is 0 Å². The summed E-state index contributed by atoms with van der Waals surface area (Å²) >= 11 is -1.25. The van der Waals surface area contributed by atoms with E-state index in [2.05, 4.69) is 0 Å². The second-order valence-corrected chi connectivity index (χ2v) is 3.86. The van der Waals surface area contributed by atoms with Gasteiger partial charge in [0.05, 0.1) is 4.92 Å². The Morgan fingerprint density at radius 1 is 1.45 bits per heavy atom. The third kappa shape index (κ3) is 7.61. The number of hydrogen-bond donors (Lipinski definition) is 0. The van der Waals surface area contributed by atoms with Crippen LogP contribution in [-0.4, -0.2) is 21.1 Å². The molecule has 0 heterocycles. The van der Waals surface area contributed by atoms with Crippen molar-refractivity contribution in [1.29, 1.82) is 0 Å². The third-order valence-corrected chi connectivity index (χ3v) is 2.47. The highest BCUT2D eigenvalue weighted by molar-refractivity contribution is 7.91. The van der Waals surface area contributed by atoms with Gasteiger partial charge in [0.15, 0.2) is 0 Å². The summed E-state index contributed by atoms with van der Waals surface area (Å²) in [7, 11) is 0. The van der Waals surface area contributed by atoms with Crippen LogP contribution in [0.15, 0.2) is 0 Å². The van der Waals surface area contributed by atoms with Crippen molar-refractivity contribution in [3.05, 3.63) is 10.1 Å². The van der Waals surface area contributed by atoms with E-state index in [0.717, 1.165) is 19.3 Å². The van der Waals surface area contributed by atoms with Gasteiger partial charge in [0, 0.05) is 11.2 Å². The Morgan fingerprint density at radius 3 is 2.55 bits per heavy atom. The Morgan fingerprint density at radius 2 is 2.09 bits per heavy atom. The zero-order valence-electron chi connectivity index (χ0n) is 6.62. The second kappa shape index (κ2) is 6.42. The van der Waals surface area contributed by atoms with Gasteiger partial charge in [-0.3, -0.25) is 10.1 Å². The van der Waals surface area contributed by atoms with Crippen molar-refractivity contribution in [2.24, 2.45) is 0 Å². The van der Waals surface area contributed by atoms with Crippen LogP contribution in [0.5, 0.6) is 0 Å². The first-order valence-electron chi connectivity index (χ1n) is 3.63. The lowest BCUT2D eigenvalue weighted by atomic mass is 10.3. The van der Waals surface area contributed by atoms with Crippen molar-refractivity contribution in [3.63, 3.8) is 0 Å². The van der Waals surface area contributed by atoms with Crippen LogP contribution >= 0.6 is 0 Å². The number of hydrogen-bond acceptors (Lipinski definition) is 3. The molecule has 0 aliphatic heterocycles. The molecular weight excluding hydrogens is 166 g/mol. The maximum atomic E-state index is 10.8. The summed E-state index contributed by atoms with van der Waals surface area (Å²) in [5.41, 5.74) is 0. The van der Waals surface area contributed by atoms with E-state index >= 15 is 0 Å². The van der Waals surface area contributed by atoms with Crippen molar-refractivity contribution >= 4 is 11.2 Å². The number of nitro groups is 1. The highest BCUT2D eigenvalue weighted by Crippen LogP contribution is 1.99. The van der Waals surface area contributed by atoms with Crippen molar-refractivity contribution in [2.75, 3.05) is 11.6 Å². The van der Waals surface area contributed by atoms with E-state index in [-0.39, 0.29) is 0 Å². The largest absolute Gasteiger partial charge is 0.611 e. The minimum Gasteiger partial charge on any atom is -0.611 e. The van der Waals surface area contributed by atoms with Crippen LogP contribution in [0.1, 0.15) is 26.2 Å². The number of unbranched alkanes of at least 4 members (excludes halogenated alkanes) is 2. The molecule has 0 aromatic carbocycles. The zero-order valence-corrected chi connectivity index (χ0v) is 7.43. The van der Waals surface area contributed by atoms with Crippen LogP contribution in [0.4, 0.5) is 0 Å². The molecule has 0 bridgehead atoms. The summed E-state index contributed by atoms with van der Waals surface area (Å²) in [4.78, 5) is 9.33. The van der Waals surface area contributed by atoms with Crippen molar-refractivity contribution in [3.8, 4) is 0 Å². The Balaban J connectivity index is 3.22. The van der Waals surface area contributed by atoms with E-state index in [9.17, 15) is 14.7 Å². The van der Waals surface area contributed by atoms with Crippen LogP contribution in [-0.2, 0) is 11.2 Å². The molecular formula is C6H13NO3S. The molecule has 0 fully saturated rings.